The third-order valence-electron chi connectivity index (χ3n) is 3.80. The molecule has 0 bridgehead atoms. The number of nitrogens with two attached hydrogens (primary N) is 2. The van der Waals surface area contributed by atoms with Gasteiger partial charge in [-0.3, -0.25) is 5.32 Å². The number of rotatable bonds is 5. The number of aliphatic imine (C=N–C) groups is 1. The van der Waals surface area contributed by atoms with Crippen LogP contribution >= 0.6 is 0 Å². The van der Waals surface area contributed by atoms with Crippen molar-refractivity contribution in [2.45, 2.75) is 32.7 Å². The lowest BCUT2D eigenvalue weighted by molar-refractivity contribution is 0.163. The molecule has 27 heavy (non-hydrogen) atoms. The number of anilines is 2. The van der Waals surface area contributed by atoms with Crippen molar-refractivity contribution < 1.29 is 14.3 Å². The molecule has 1 aliphatic rings. The van der Waals surface area contributed by atoms with Gasteiger partial charge in [-0.15, -0.1) is 0 Å². The lowest BCUT2D eigenvalue weighted by Gasteiger charge is -2.17. The minimum absolute atomic E-state index is 0.112. The van der Waals surface area contributed by atoms with Crippen LogP contribution in [0.15, 0.2) is 41.1 Å². The highest BCUT2D eigenvalue weighted by atomic mass is 16.5. The van der Waals surface area contributed by atoms with E-state index in [-0.39, 0.29) is 35.6 Å². The number of allylic oxidation sites excluding steroid dienone is 2. The van der Waals surface area contributed by atoms with Crippen LogP contribution in [0.3, 0.4) is 0 Å². The van der Waals surface area contributed by atoms with E-state index in [4.69, 9.17) is 16.2 Å². The molecule has 0 fully saturated rings. The van der Waals surface area contributed by atoms with Gasteiger partial charge in [0.1, 0.15) is 11.7 Å². The standard InChI is InChI=1S/C18H24N6O3/c1-3-27-18(26)24-16(20)13-10-21-15(9-14(13)19)23-17(25)22-11(2)12-7-5-4-6-8-12/h5,7-11H,3-4,6H2,1-2H3,(H2,20,24,26)(H4,19,21,22,23,25). The molecular formula is C18H24N6O3. The molecule has 0 aliphatic heterocycles. The third-order valence-corrected chi connectivity index (χ3v) is 3.80. The van der Waals surface area contributed by atoms with Gasteiger partial charge < -0.3 is 21.5 Å². The van der Waals surface area contributed by atoms with E-state index in [1.807, 2.05) is 13.0 Å². The van der Waals surface area contributed by atoms with E-state index in [2.05, 4.69) is 32.8 Å². The molecule has 2 rings (SSSR count). The van der Waals surface area contributed by atoms with Gasteiger partial charge in [-0.25, -0.2) is 14.6 Å². The summed E-state index contributed by atoms with van der Waals surface area (Å²) < 4.78 is 4.69. The summed E-state index contributed by atoms with van der Waals surface area (Å²) in [7, 11) is 0. The number of pyridine rings is 1. The first-order valence-corrected chi connectivity index (χ1v) is 8.61. The topological polar surface area (TPSA) is 145 Å². The van der Waals surface area contributed by atoms with Crippen LogP contribution < -0.4 is 22.1 Å². The number of nitrogens with one attached hydrogen (secondary N) is 2. The molecule has 0 aromatic carbocycles. The maximum Gasteiger partial charge on any atom is 0.435 e. The maximum atomic E-state index is 12.1. The first-order chi connectivity index (χ1) is 12.9. The molecule has 0 spiro atoms. The van der Waals surface area contributed by atoms with Crippen molar-refractivity contribution in [3.05, 3.63) is 41.6 Å². The number of hydrogen-bond acceptors (Lipinski definition) is 5. The summed E-state index contributed by atoms with van der Waals surface area (Å²) >= 11 is 0. The van der Waals surface area contributed by atoms with Crippen molar-refractivity contribution in [2.24, 2.45) is 10.7 Å². The van der Waals surface area contributed by atoms with E-state index in [0.717, 1.165) is 18.4 Å². The van der Waals surface area contributed by atoms with Gasteiger partial charge in [0.15, 0.2) is 0 Å². The Balaban J connectivity index is 2.00. The monoisotopic (exact) mass is 372 g/mol. The second kappa shape index (κ2) is 9.37. The van der Waals surface area contributed by atoms with E-state index < -0.39 is 12.1 Å². The fraction of sp³-hybridized carbons (Fsp3) is 0.333. The predicted octanol–water partition coefficient (Wildman–Crippen LogP) is 2.31. The summed E-state index contributed by atoms with van der Waals surface area (Å²) in [6.07, 6.45) is 8.69. The predicted molar refractivity (Wildman–Crippen MR) is 104 cm³/mol. The van der Waals surface area contributed by atoms with Gasteiger partial charge in [-0.1, -0.05) is 18.2 Å². The SMILES string of the molecule is CCOC(=O)/N=C(/N)c1cnc(NC(=O)NC(C)C2=CCCC=C2)cc1N. The highest BCUT2D eigenvalue weighted by Crippen LogP contribution is 2.16. The molecule has 6 N–H and O–H groups in total. The second-order valence-corrected chi connectivity index (χ2v) is 5.86. The molecule has 144 valence electrons. The zero-order valence-electron chi connectivity index (χ0n) is 15.4. The van der Waals surface area contributed by atoms with Crippen LogP contribution in [0.25, 0.3) is 0 Å². The molecule has 0 saturated heterocycles. The number of ether oxygens (including phenoxy) is 1. The zero-order valence-corrected chi connectivity index (χ0v) is 15.4. The number of carbonyl (C=O) groups excluding carboxylic acids is 2. The highest BCUT2D eigenvalue weighted by molar-refractivity contribution is 6.06. The van der Waals surface area contributed by atoms with Crippen LogP contribution in [-0.4, -0.2) is 35.6 Å². The molecule has 3 amide bonds. The molecule has 1 aromatic heterocycles. The van der Waals surface area contributed by atoms with Gasteiger partial charge in [-0.05, 0) is 32.3 Å². The lowest BCUT2D eigenvalue weighted by Crippen LogP contribution is -2.37. The molecular weight excluding hydrogens is 348 g/mol. The number of aromatic nitrogens is 1. The van der Waals surface area contributed by atoms with Crippen molar-refractivity contribution >= 4 is 29.5 Å². The first kappa shape index (κ1) is 20.0. The molecule has 9 nitrogen and oxygen atoms in total. The van der Waals surface area contributed by atoms with Crippen molar-refractivity contribution in [2.75, 3.05) is 17.7 Å². The number of carbonyl (C=O) groups is 2. The number of hydrogen-bond donors (Lipinski definition) is 4. The van der Waals surface area contributed by atoms with Gasteiger partial charge >= 0.3 is 12.1 Å². The van der Waals surface area contributed by atoms with Crippen LogP contribution in [0.1, 0.15) is 32.3 Å². The van der Waals surface area contributed by atoms with Crippen molar-refractivity contribution in [1.29, 1.82) is 0 Å². The van der Waals surface area contributed by atoms with Crippen LogP contribution in [-0.2, 0) is 4.74 Å². The van der Waals surface area contributed by atoms with Crippen LogP contribution in [0.5, 0.6) is 0 Å². The normalized spacial score (nSPS) is 14.9. The number of urea groups is 1. The zero-order chi connectivity index (χ0) is 19.8. The third kappa shape index (κ3) is 5.84. The fourth-order valence-corrected chi connectivity index (χ4v) is 2.45. The van der Waals surface area contributed by atoms with Gasteiger partial charge in [0.05, 0.1) is 18.2 Å². The summed E-state index contributed by atoms with van der Waals surface area (Å²) in [5, 5.41) is 5.45. The Morgan fingerprint density at radius 1 is 1.41 bits per heavy atom. The van der Waals surface area contributed by atoms with Crippen molar-refractivity contribution in [1.82, 2.24) is 10.3 Å². The summed E-state index contributed by atoms with van der Waals surface area (Å²) in [5.74, 6) is 0.136. The highest BCUT2D eigenvalue weighted by Gasteiger charge is 2.13. The van der Waals surface area contributed by atoms with E-state index in [1.54, 1.807) is 6.92 Å². The molecule has 0 saturated carbocycles. The van der Waals surface area contributed by atoms with Crippen molar-refractivity contribution in [3.63, 3.8) is 0 Å². The smallest absolute Gasteiger partial charge is 0.435 e. The van der Waals surface area contributed by atoms with E-state index >= 15 is 0 Å². The minimum atomic E-state index is -0.809. The molecule has 1 aliphatic carbocycles. The first-order valence-electron chi connectivity index (χ1n) is 8.61. The minimum Gasteiger partial charge on any atom is -0.448 e. The molecule has 1 heterocycles. The van der Waals surface area contributed by atoms with E-state index in [9.17, 15) is 9.59 Å². The number of amidine groups is 1. The molecule has 0 radical (unpaired) electrons. The molecule has 1 atom stereocenters. The van der Waals surface area contributed by atoms with E-state index in [0.29, 0.717) is 0 Å². The summed E-state index contributed by atoms with van der Waals surface area (Å²) in [6, 6.07) is 0.896. The van der Waals surface area contributed by atoms with Gasteiger partial charge in [0.25, 0.3) is 0 Å². The summed E-state index contributed by atoms with van der Waals surface area (Å²) in [6.45, 7) is 3.75. The van der Waals surface area contributed by atoms with Crippen LogP contribution in [0.2, 0.25) is 0 Å². The molecule has 1 unspecified atom stereocenters. The Hall–Kier alpha value is -3.36. The summed E-state index contributed by atoms with van der Waals surface area (Å²) in [4.78, 5) is 31.2. The quantitative estimate of drug-likeness (QED) is 0.461. The van der Waals surface area contributed by atoms with E-state index in [1.165, 1.54) is 12.3 Å². The Bertz CT molecular complexity index is 800. The maximum absolute atomic E-state index is 12.1. The van der Waals surface area contributed by atoms with Gasteiger partial charge in [0, 0.05) is 18.0 Å². The van der Waals surface area contributed by atoms with Crippen LogP contribution in [0, 0.1) is 0 Å². The molecule has 1 aromatic rings. The fourth-order valence-electron chi connectivity index (χ4n) is 2.45. The summed E-state index contributed by atoms with van der Waals surface area (Å²) in [5.41, 5.74) is 13.2. The van der Waals surface area contributed by atoms with Gasteiger partial charge in [-0.2, -0.15) is 4.99 Å². The lowest BCUT2D eigenvalue weighted by atomic mass is 10.0. The average Bonchev–Trinajstić information content (AvgIpc) is 2.62. The van der Waals surface area contributed by atoms with Crippen molar-refractivity contribution in [3.8, 4) is 0 Å². The Morgan fingerprint density at radius 3 is 2.81 bits per heavy atom. The Labute approximate surface area is 157 Å². The van der Waals surface area contributed by atoms with Crippen LogP contribution in [0.4, 0.5) is 21.1 Å². The van der Waals surface area contributed by atoms with Gasteiger partial charge in [0.2, 0.25) is 0 Å². The number of nitrogens with zero attached hydrogens (tertiary/aromatic N) is 2. The Morgan fingerprint density at radius 2 is 2.19 bits per heavy atom. The number of nitrogen functional groups attached to an aromatic ring is 1. The largest absolute Gasteiger partial charge is 0.448 e. The Kier molecular flexibility index (Phi) is 6.93. The second-order valence-electron chi connectivity index (χ2n) is 5.86. The average molecular weight is 372 g/mol. The number of amides is 3. The molecule has 9 heteroatoms.